The molecule has 0 aromatic heterocycles. The van der Waals surface area contributed by atoms with Crippen LogP contribution in [0.1, 0.15) is 65.3 Å². The molecule has 2 aliphatic rings. The van der Waals surface area contributed by atoms with E-state index in [0.29, 0.717) is 17.7 Å². The molecule has 0 spiro atoms. The van der Waals surface area contributed by atoms with Crippen LogP contribution in [0.4, 0.5) is 0 Å². The van der Waals surface area contributed by atoms with Crippen molar-refractivity contribution in [1.82, 2.24) is 5.32 Å². The number of ketones is 1. The van der Waals surface area contributed by atoms with Crippen LogP contribution in [0.5, 0.6) is 0 Å². The molecule has 0 saturated heterocycles. The summed E-state index contributed by atoms with van der Waals surface area (Å²) in [5.41, 5.74) is 2.28. The molecule has 20 heavy (non-hydrogen) atoms. The second-order valence-corrected chi connectivity index (χ2v) is 6.05. The van der Waals surface area contributed by atoms with Gasteiger partial charge in [0.15, 0.2) is 5.78 Å². The van der Waals surface area contributed by atoms with Crippen molar-refractivity contribution in [3.05, 3.63) is 34.9 Å². The average molecular weight is 271 g/mol. The largest absolute Gasteiger partial charge is 0.352 e. The van der Waals surface area contributed by atoms with Crippen molar-refractivity contribution in [2.75, 3.05) is 6.54 Å². The highest BCUT2D eigenvalue weighted by Crippen LogP contribution is 2.43. The van der Waals surface area contributed by atoms with Gasteiger partial charge in [-0.2, -0.15) is 0 Å². The second-order valence-electron chi connectivity index (χ2n) is 6.05. The standard InChI is InChI=1S/C17H21NO2/c1-2-17(8-3-4-9-17)15(19)13-6-5-12-7-10-18-16(20)14(12)11-13/h5-6,11H,2-4,7-10H2,1H3,(H,18,20). The summed E-state index contributed by atoms with van der Waals surface area (Å²) < 4.78 is 0. The first-order valence-electron chi connectivity index (χ1n) is 7.62. The van der Waals surface area contributed by atoms with Crippen LogP contribution >= 0.6 is 0 Å². The minimum absolute atomic E-state index is 0.0436. The van der Waals surface area contributed by atoms with Crippen molar-refractivity contribution in [3.8, 4) is 0 Å². The van der Waals surface area contributed by atoms with Crippen LogP contribution in [0.2, 0.25) is 0 Å². The zero-order valence-corrected chi connectivity index (χ0v) is 12.0. The lowest BCUT2D eigenvalue weighted by atomic mass is 9.76. The number of amides is 1. The molecule has 3 nitrogen and oxygen atoms in total. The molecule has 0 radical (unpaired) electrons. The predicted molar refractivity (Wildman–Crippen MR) is 78.0 cm³/mol. The van der Waals surface area contributed by atoms with Gasteiger partial charge in [-0.25, -0.2) is 0 Å². The Morgan fingerprint density at radius 2 is 2.05 bits per heavy atom. The van der Waals surface area contributed by atoms with E-state index in [1.165, 1.54) is 0 Å². The zero-order chi connectivity index (χ0) is 14.2. The van der Waals surface area contributed by atoms with Gasteiger partial charge >= 0.3 is 0 Å². The van der Waals surface area contributed by atoms with Crippen LogP contribution in [0.25, 0.3) is 0 Å². The minimum Gasteiger partial charge on any atom is -0.352 e. The summed E-state index contributed by atoms with van der Waals surface area (Å²) in [7, 11) is 0. The van der Waals surface area contributed by atoms with Gasteiger partial charge in [-0.15, -0.1) is 0 Å². The Labute approximate surface area is 119 Å². The summed E-state index contributed by atoms with van der Waals surface area (Å²) in [6.45, 7) is 2.80. The molecule has 1 saturated carbocycles. The monoisotopic (exact) mass is 271 g/mol. The Hall–Kier alpha value is -1.64. The van der Waals surface area contributed by atoms with E-state index in [0.717, 1.165) is 44.1 Å². The van der Waals surface area contributed by atoms with Crippen molar-refractivity contribution in [2.24, 2.45) is 5.41 Å². The maximum absolute atomic E-state index is 12.9. The Balaban J connectivity index is 1.96. The lowest BCUT2D eigenvalue weighted by Gasteiger charge is -2.26. The Morgan fingerprint density at radius 1 is 1.30 bits per heavy atom. The van der Waals surface area contributed by atoms with Gasteiger partial charge in [0.1, 0.15) is 0 Å². The lowest BCUT2D eigenvalue weighted by Crippen LogP contribution is -2.33. The van der Waals surface area contributed by atoms with E-state index >= 15 is 0 Å². The van der Waals surface area contributed by atoms with Crippen LogP contribution in [0.15, 0.2) is 18.2 Å². The van der Waals surface area contributed by atoms with Crippen molar-refractivity contribution in [3.63, 3.8) is 0 Å². The molecule has 106 valence electrons. The van der Waals surface area contributed by atoms with Crippen molar-refractivity contribution in [2.45, 2.75) is 45.4 Å². The fourth-order valence-corrected chi connectivity index (χ4v) is 3.65. The van der Waals surface area contributed by atoms with Gasteiger partial charge in [0, 0.05) is 23.1 Å². The highest BCUT2D eigenvalue weighted by molar-refractivity contribution is 6.04. The summed E-state index contributed by atoms with van der Waals surface area (Å²) in [5.74, 6) is 0.191. The maximum atomic E-state index is 12.9. The van der Waals surface area contributed by atoms with E-state index in [1.807, 2.05) is 18.2 Å². The van der Waals surface area contributed by atoms with E-state index < -0.39 is 0 Å². The molecule has 1 aliphatic heterocycles. The normalized spacial score (nSPS) is 20.4. The SMILES string of the molecule is CCC1(C(=O)c2ccc3c(c2)C(=O)NCC3)CCCC1. The summed E-state index contributed by atoms with van der Waals surface area (Å²) in [4.78, 5) is 24.8. The molecule has 0 bridgehead atoms. The second kappa shape index (κ2) is 5.04. The summed E-state index contributed by atoms with van der Waals surface area (Å²) in [5, 5.41) is 2.85. The van der Waals surface area contributed by atoms with E-state index in [4.69, 9.17) is 0 Å². The number of hydrogen-bond donors (Lipinski definition) is 1. The van der Waals surface area contributed by atoms with Gasteiger partial charge in [-0.05, 0) is 37.3 Å². The fraction of sp³-hybridized carbons (Fsp3) is 0.529. The highest BCUT2D eigenvalue weighted by Gasteiger charge is 2.39. The average Bonchev–Trinajstić information content (AvgIpc) is 2.97. The van der Waals surface area contributed by atoms with E-state index in [1.54, 1.807) is 0 Å². The van der Waals surface area contributed by atoms with Crippen LogP contribution < -0.4 is 5.32 Å². The number of carbonyl (C=O) groups is 2. The lowest BCUT2D eigenvalue weighted by molar-refractivity contribution is 0.0791. The third-order valence-electron chi connectivity index (χ3n) is 5.02. The van der Waals surface area contributed by atoms with Gasteiger partial charge in [0.2, 0.25) is 0 Å². The molecule has 1 amide bonds. The summed E-state index contributed by atoms with van der Waals surface area (Å²) in [6, 6.07) is 5.68. The van der Waals surface area contributed by atoms with Crippen LogP contribution in [-0.2, 0) is 6.42 Å². The van der Waals surface area contributed by atoms with Gasteiger partial charge in [-0.1, -0.05) is 31.9 Å². The third kappa shape index (κ3) is 2.05. The van der Waals surface area contributed by atoms with Gasteiger partial charge in [-0.3, -0.25) is 9.59 Å². The topological polar surface area (TPSA) is 46.2 Å². The number of carbonyl (C=O) groups excluding carboxylic acids is 2. The first-order valence-corrected chi connectivity index (χ1v) is 7.62. The Bertz CT molecular complexity index is 556. The summed E-state index contributed by atoms with van der Waals surface area (Å²) in [6.07, 6.45) is 6.02. The number of benzene rings is 1. The number of hydrogen-bond acceptors (Lipinski definition) is 2. The smallest absolute Gasteiger partial charge is 0.251 e. The zero-order valence-electron chi connectivity index (χ0n) is 12.0. The van der Waals surface area contributed by atoms with Crippen LogP contribution in [-0.4, -0.2) is 18.2 Å². The molecule has 1 aromatic rings. The number of fused-ring (bicyclic) bond motifs is 1. The van der Waals surface area contributed by atoms with Gasteiger partial charge in [0.25, 0.3) is 5.91 Å². The molecular formula is C17H21NO2. The molecule has 1 aliphatic carbocycles. The van der Waals surface area contributed by atoms with Crippen LogP contribution in [0, 0.1) is 5.41 Å². The van der Waals surface area contributed by atoms with E-state index in [2.05, 4.69) is 12.2 Å². The molecule has 1 N–H and O–H groups in total. The first-order chi connectivity index (χ1) is 9.66. The molecule has 1 fully saturated rings. The maximum Gasteiger partial charge on any atom is 0.251 e. The highest BCUT2D eigenvalue weighted by atomic mass is 16.1. The van der Waals surface area contributed by atoms with E-state index in [-0.39, 0.29) is 17.1 Å². The predicted octanol–water partition coefficient (Wildman–Crippen LogP) is 3.13. The summed E-state index contributed by atoms with van der Waals surface area (Å²) >= 11 is 0. The molecular weight excluding hydrogens is 250 g/mol. The van der Waals surface area contributed by atoms with Gasteiger partial charge < -0.3 is 5.32 Å². The van der Waals surface area contributed by atoms with Crippen LogP contribution in [0.3, 0.4) is 0 Å². The molecule has 1 heterocycles. The number of Topliss-reactive ketones (excluding diaryl/α,β-unsaturated/α-hetero) is 1. The van der Waals surface area contributed by atoms with Crippen molar-refractivity contribution >= 4 is 11.7 Å². The Kier molecular flexibility index (Phi) is 3.36. The first kappa shape index (κ1) is 13.3. The van der Waals surface area contributed by atoms with E-state index in [9.17, 15) is 9.59 Å². The molecule has 0 unspecified atom stereocenters. The molecule has 3 rings (SSSR count). The molecule has 0 atom stereocenters. The third-order valence-corrected chi connectivity index (χ3v) is 5.02. The molecule has 3 heteroatoms. The number of nitrogens with one attached hydrogen (secondary N) is 1. The molecule has 1 aromatic carbocycles. The van der Waals surface area contributed by atoms with Gasteiger partial charge in [0.05, 0.1) is 0 Å². The fourth-order valence-electron chi connectivity index (χ4n) is 3.65. The number of rotatable bonds is 3. The Morgan fingerprint density at radius 3 is 2.75 bits per heavy atom. The minimum atomic E-state index is -0.181. The van der Waals surface area contributed by atoms with Crippen molar-refractivity contribution in [1.29, 1.82) is 0 Å². The quantitative estimate of drug-likeness (QED) is 0.858. The van der Waals surface area contributed by atoms with Crippen molar-refractivity contribution < 1.29 is 9.59 Å².